The van der Waals surface area contributed by atoms with Gasteiger partial charge in [0.2, 0.25) is 5.95 Å². The zero-order valence-corrected chi connectivity index (χ0v) is 16.6. The van der Waals surface area contributed by atoms with Gasteiger partial charge in [-0.3, -0.25) is 0 Å². The summed E-state index contributed by atoms with van der Waals surface area (Å²) in [5, 5.41) is 5.47. The molecule has 0 aliphatic carbocycles. The van der Waals surface area contributed by atoms with E-state index in [2.05, 4.69) is 25.3 Å². The van der Waals surface area contributed by atoms with Crippen molar-refractivity contribution in [3.63, 3.8) is 0 Å². The van der Waals surface area contributed by atoms with E-state index in [1.165, 1.54) is 48.8 Å². The van der Waals surface area contributed by atoms with Crippen molar-refractivity contribution in [2.75, 3.05) is 15.4 Å². The highest BCUT2D eigenvalue weighted by Crippen LogP contribution is 2.30. The Morgan fingerprint density at radius 1 is 0.900 bits per heavy atom. The quantitative estimate of drug-likeness (QED) is 0.501. The van der Waals surface area contributed by atoms with E-state index in [1.807, 2.05) is 0 Å². The van der Waals surface area contributed by atoms with Crippen LogP contribution in [0.3, 0.4) is 0 Å². The Morgan fingerprint density at radius 2 is 1.53 bits per heavy atom. The number of nitrogens with zero attached hydrogens (tertiary/aromatic N) is 2. The minimum absolute atomic E-state index is 0.0303. The summed E-state index contributed by atoms with van der Waals surface area (Å²) >= 11 is 5.10. The van der Waals surface area contributed by atoms with Gasteiger partial charge < -0.3 is 10.6 Å². The minimum atomic E-state index is -4.47. The van der Waals surface area contributed by atoms with Gasteiger partial charge in [0.05, 0.1) is 10.5 Å². The lowest BCUT2D eigenvalue weighted by atomic mass is 10.2. The van der Waals surface area contributed by atoms with Crippen molar-refractivity contribution < 1.29 is 21.6 Å². The van der Waals surface area contributed by atoms with Crippen molar-refractivity contribution in [1.82, 2.24) is 9.97 Å². The molecular formula is C18H14F3N5O2S2. The van der Waals surface area contributed by atoms with Crippen molar-refractivity contribution in [2.24, 2.45) is 0 Å². The lowest BCUT2D eigenvalue weighted by molar-refractivity contribution is -0.137. The van der Waals surface area contributed by atoms with Gasteiger partial charge in [-0.05, 0) is 60.7 Å². The first kappa shape index (κ1) is 21.5. The van der Waals surface area contributed by atoms with Crippen LogP contribution in [0.1, 0.15) is 5.56 Å². The summed E-state index contributed by atoms with van der Waals surface area (Å²) in [6.07, 6.45) is -1.67. The molecule has 0 fully saturated rings. The maximum absolute atomic E-state index is 12.8. The summed E-state index contributed by atoms with van der Waals surface area (Å²) in [6.45, 7) is 0. The first-order chi connectivity index (χ1) is 14.1. The molecule has 156 valence electrons. The highest BCUT2D eigenvalue weighted by molar-refractivity contribution is 7.92. The Kier molecular flexibility index (Phi) is 6.17. The summed E-state index contributed by atoms with van der Waals surface area (Å²) in [5.41, 5.74) is -0.206. The number of hydrogen-bond donors (Lipinski definition) is 3. The second kappa shape index (κ2) is 8.63. The van der Waals surface area contributed by atoms with Gasteiger partial charge in [-0.25, -0.2) is 23.1 Å². The van der Waals surface area contributed by atoms with Crippen LogP contribution in [0.5, 0.6) is 0 Å². The predicted molar refractivity (Wildman–Crippen MR) is 111 cm³/mol. The minimum Gasteiger partial charge on any atom is -0.332 e. The zero-order chi connectivity index (χ0) is 21.8. The van der Waals surface area contributed by atoms with Crippen molar-refractivity contribution in [2.45, 2.75) is 11.1 Å². The molecule has 0 unspecified atom stereocenters. The second-order valence-electron chi connectivity index (χ2n) is 5.86. The number of hydrogen-bond acceptors (Lipinski definition) is 5. The average Bonchev–Trinajstić information content (AvgIpc) is 2.68. The molecule has 0 aliphatic heterocycles. The molecule has 7 nitrogen and oxygen atoms in total. The van der Waals surface area contributed by atoms with Gasteiger partial charge in [-0.15, -0.1) is 0 Å². The molecule has 0 saturated heterocycles. The molecule has 2 aromatic carbocycles. The number of halogens is 3. The topological polar surface area (TPSA) is 96.0 Å². The van der Waals surface area contributed by atoms with Crippen molar-refractivity contribution in [1.29, 1.82) is 0 Å². The molecular weight excluding hydrogens is 439 g/mol. The molecule has 0 radical (unpaired) electrons. The molecule has 0 atom stereocenters. The van der Waals surface area contributed by atoms with Crippen LogP contribution in [0.4, 0.5) is 30.5 Å². The summed E-state index contributed by atoms with van der Waals surface area (Å²) in [5.74, 6) is -0.0637. The van der Waals surface area contributed by atoms with Gasteiger partial charge >= 0.3 is 6.18 Å². The molecule has 0 saturated carbocycles. The number of anilines is 3. The highest BCUT2D eigenvalue weighted by atomic mass is 32.2. The number of benzene rings is 2. The monoisotopic (exact) mass is 453 g/mol. The second-order valence-corrected chi connectivity index (χ2v) is 7.95. The Morgan fingerprint density at radius 3 is 2.17 bits per heavy atom. The van der Waals surface area contributed by atoms with E-state index in [9.17, 15) is 21.6 Å². The standard InChI is InChI=1S/C18H14F3N5O2S2/c19-18(20,21)12-3-1-4-14(11-12)25-17(29)24-13-5-7-15(8-6-13)30(27,28)26-16-22-9-2-10-23-16/h1-11H,(H,22,23,26)(H2,24,25,29). The summed E-state index contributed by atoms with van der Waals surface area (Å²) in [4.78, 5) is 7.57. The van der Waals surface area contributed by atoms with E-state index in [1.54, 1.807) is 6.07 Å². The molecule has 0 bridgehead atoms. The van der Waals surface area contributed by atoms with Crippen LogP contribution in [-0.4, -0.2) is 23.5 Å². The number of alkyl halides is 3. The Balaban J connectivity index is 1.65. The van der Waals surface area contributed by atoms with Crippen molar-refractivity contribution in [3.8, 4) is 0 Å². The van der Waals surface area contributed by atoms with E-state index in [-0.39, 0.29) is 21.6 Å². The van der Waals surface area contributed by atoms with Gasteiger partial charge in [0.15, 0.2) is 5.11 Å². The smallest absolute Gasteiger partial charge is 0.332 e. The number of aromatic nitrogens is 2. The number of thiocarbonyl (C=S) groups is 1. The highest BCUT2D eigenvalue weighted by Gasteiger charge is 2.30. The van der Waals surface area contributed by atoms with E-state index in [0.717, 1.165) is 12.1 Å². The predicted octanol–water partition coefficient (Wildman–Crippen LogP) is 4.11. The third-order valence-corrected chi connectivity index (χ3v) is 5.21. The Hall–Kier alpha value is -3.25. The van der Waals surface area contributed by atoms with E-state index in [4.69, 9.17) is 12.2 Å². The van der Waals surface area contributed by atoms with Crippen LogP contribution >= 0.6 is 12.2 Å². The molecule has 0 amide bonds. The fourth-order valence-electron chi connectivity index (χ4n) is 2.32. The zero-order valence-electron chi connectivity index (χ0n) is 15.0. The van der Waals surface area contributed by atoms with Gasteiger partial charge in [0.25, 0.3) is 10.0 Å². The van der Waals surface area contributed by atoms with Crippen LogP contribution < -0.4 is 15.4 Å². The average molecular weight is 453 g/mol. The van der Waals surface area contributed by atoms with Crippen molar-refractivity contribution >= 4 is 44.7 Å². The Labute approximate surface area is 175 Å². The molecule has 3 aromatic rings. The molecule has 3 rings (SSSR count). The molecule has 1 heterocycles. The van der Waals surface area contributed by atoms with Crippen LogP contribution in [0.15, 0.2) is 71.9 Å². The first-order valence-corrected chi connectivity index (χ1v) is 10.2. The molecule has 1 aromatic heterocycles. The van der Waals surface area contributed by atoms with Gasteiger partial charge in [-0.1, -0.05) is 6.07 Å². The lowest BCUT2D eigenvalue weighted by Crippen LogP contribution is -2.19. The normalized spacial score (nSPS) is 11.6. The molecule has 12 heteroatoms. The third kappa shape index (κ3) is 5.64. The SMILES string of the molecule is O=S(=O)(Nc1ncccn1)c1ccc(NC(=S)Nc2cccc(C(F)(F)F)c2)cc1. The lowest BCUT2D eigenvalue weighted by Gasteiger charge is -2.13. The molecule has 0 spiro atoms. The van der Waals surface area contributed by atoms with Crippen LogP contribution in [0, 0.1) is 0 Å². The maximum atomic E-state index is 12.8. The molecule has 30 heavy (non-hydrogen) atoms. The Bertz CT molecular complexity index is 1140. The maximum Gasteiger partial charge on any atom is 0.416 e. The fraction of sp³-hybridized carbons (Fsp3) is 0.0556. The van der Waals surface area contributed by atoms with Crippen LogP contribution in [0.25, 0.3) is 0 Å². The number of nitrogens with one attached hydrogen (secondary N) is 3. The van der Waals surface area contributed by atoms with Gasteiger partial charge in [0, 0.05) is 23.8 Å². The fourth-order valence-corrected chi connectivity index (χ4v) is 3.51. The summed E-state index contributed by atoms with van der Waals surface area (Å²) in [7, 11) is -3.88. The summed E-state index contributed by atoms with van der Waals surface area (Å²) in [6, 6.07) is 11.7. The van der Waals surface area contributed by atoms with Crippen LogP contribution in [-0.2, 0) is 16.2 Å². The molecule has 0 aliphatic rings. The van der Waals surface area contributed by atoms with Crippen molar-refractivity contribution in [3.05, 3.63) is 72.6 Å². The first-order valence-electron chi connectivity index (χ1n) is 8.29. The van der Waals surface area contributed by atoms with Gasteiger partial charge in [-0.2, -0.15) is 13.2 Å². The van der Waals surface area contributed by atoms with E-state index in [0.29, 0.717) is 5.69 Å². The third-order valence-electron chi connectivity index (χ3n) is 3.66. The summed E-state index contributed by atoms with van der Waals surface area (Å²) < 4.78 is 65.3. The number of rotatable bonds is 5. The van der Waals surface area contributed by atoms with E-state index >= 15 is 0 Å². The number of sulfonamides is 1. The van der Waals surface area contributed by atoms with E-state index < -0.39 is 21.8 Å². The van der Waals surface area contributed by atoms with Crippen LogP contribution in [0.2, 0.25) is 0 Å². The molecule has 3 N–H and O–H groups in total. The van der Waals surface area contributed by atoms with Gasteiger partial charge in [0.1, 0.15) is 0 Å². The largest absolute Gasteiger partial charge is 0.416 e.